The van der Waals surface area contributed by atoms with Crippen LogP contribution in [-0.4, -0.2) is 15.8 Å². The highest BCUT2D eigenvalue weighted by Gasteiger charge is 2.20. The van der Waals surface area contributed by atoms with E-state index in [1.54, 1.807) is 18.3 Å². The summed E-state index contributed by atoms with van der Waals surface area (Å²) in [6, 6.07) is 9.36. The molecule has 1 aliphatic rings. The first-order valence-corrected chi connectivity index (χ1v) is 6.30. The lowest BCUT2D eigenvalue weighted by Gasteiger charge is -2.08. The van der Waals surface area contributed by atoms with Crippen molar-refractivity contribution in [2.24, 2.45) is 0 Å². The molecule has 1 fully saturated rings. The summed E-state index contributed by atoms with van der Waals surface area (Å²) in [7, 11) is 0. The van der Waals surface area contributed by atoms with Gasteiger partial charge >= 0.3 is 0 Å². The van der Waals surface area contributed by atoms with Crippen molar-refractivity contribution < 1.29 is 4.39 Å². The van der Waals surface area contributed by atoms with Gasteiger partial charge in [0.05, 0.1) is 12.2 Å². The van der Waals surface area contributed by atoms with Gasteiger partial charge in [-0.1, -0.05) is 12.1 Å². The smallest absolute Gasteiger partial charge is 0.123 e. The lowest BCUT2D eigenvalue weighted by atomic mass is 10.2. The Morgan fingerprint density at radius 3 is 3.00 bits per heavy atom. The van der Waals surface area contributed by atoms with Crippen molar-refractivity contribution in [2.45, 2.75) is 32.0 Å². The van der Waals surface area contributed by atoms with Crippen LogP contribution in [0, 0.1) is 5.82 Å². The van der Waals surface area contributed by atoms with E-state index in [-0.39, 0.29) is 5.82 Å². The fraction of sp³-hybridized carbons (Fsp3) is 0.357. The molecule has 1 heterocycles. The molecule has 0 spiro atoms. The molecular weight excluding hydrogens is 229 g/mol. The summed E-state index contributed by atoms with van der Waals surface area (Å²) >= 11 is 0. The predicted octanol–water partition coefficient (Wildman–Crippen LogP) is 2.32. The zero-order valence-corrected chi connectivity index (χ0v) is 10.1. The second-order valence-electron chi connectivity index (χ2n) is 4.77. The van der Waals surface area contributed by atoms with Crippen LogP contribution < -0.4 is 5.32 Å². The summed E-state index contributed by atoms with van der Waals surface area (Å²) in [6.45, 7) is 1.45. The van der Waals surface area contributed by atoms with Crippen LogP contribution in [0.1, 0.15) is 24.1 Å². The Morgan fingerprint density at radius 2 is 2.22 bits per heavy atom. The monoisotopic (exact) mass is 245 g/mol. The molecule has 3 nitrogen and oxygen atoms in total. The Hall–Kier alpha value is -1.68. The minimum Gasteiger partial charge on any atom is -0.308 e. The maximum Gasteiger partial charge on any atom is 0.123 e. The third-order valence-corrected chi connectivity index (χ3v) is 3.18. The molecule has 0 amide bonds. The van der Waals surface area contributed by atoms with Crippen LogP contribution in [0.5, 0.6) is 0 Å². The van der Waals surface area contributed by atoms with Crippen LogP contribution in [0.4, 0.5) is 4.39 Å². The van der Waals surface area contributed by atoms with Crippen molar-refractivity contribution in [3.05, 3.63) is 53.6 Å². The highest BCUT2D eigenvalue weighted by Crippen LogP contribution is 2.19. The molecule has 94 valence electrons. The quantitative estimate of drug-likeness (QED) is 0.876. The molecule has 2 aromatic rings. The molecule has 1 saturated carbocycles. The van der Waals surface area contributed by atoms with Gasteiger partial charge in [0, 0.05) is 18.8 Å². The van der Waals surface area contributed by atoms with Crippen LogP contribution in [0.2, 0.25) is 0 Å². The van der Waals surface area contributed by atoms with Crippen molar-refractivity contribution in [1.29, 1.82) is 0 Å². The minimum absolute atomic E-state index is 0.197. The number of benzene rings is 1. The standard InChI is InChI=1S/C14H16FN3/c15-12-3-1-2-11(8-12)10-18-14(6-7-17-18)9-16-13-4-5-13/h1-3,6-8,13,16H,4-5,9-10H2. The highest BCUT2D eigenvalue weighted by molar-refractivity contribution is 5.17. The van der Waals surface area contributed by atoms with Crippen LogP contribution in [0.15, 0.2) is 36.5 Å². The van der Waals surface area contributed by atoms with Crippen LogP contribution in [0.25, 0.3) is 0 Å². The Labute approximate surface area is 106 Å². The van der Waals surface area contributed by atoms with E-state index >= 15 is 0 Å². The average Bonchev–Trinajstić information content (AvgIpc) is 3.08. The van der Waals surface area contributed by atoms with E-state index in [1.165, 1.54) is 18.9 Å². The van der Waals surface area contributed by atoms with Crippen molar-refractivity contribution >= 4 is 0 Å². The fourth-order valence-corrected chi connectivity index (χ4v) is 2.00. The summed E-state index contributed by atoms with van der Waals surface area (Å²) in [5, 5.41) is 7.76. The Balaban J connectivity index is 1.69. The van der Waals surface area contributed by atoms with E-state index in [1.807, 2.05) is 16.8 Å². The first-order valence-electron chi connectivity index (χ1n) is 6.30. The Kier molecular flexibility index (Phi) is 3.11. The lowest BCUT2D eigenvalue weighted by Crippen LogP contribution is -2.18. The van der Waals surface area contributed by atoms with Crippen LogP contribution >= 0.6 is 0 Å². The summed E-state index contributed by atoms with van der Waals surface area (Å²) in [4.78, 5) is 0. The summed E-state index contributed by atoms with van der Waals surface area (Å²) in [5.41, 5.74) is 2.08. The first-order chi connectivity index (χ1) is 8.81. The van der Waals surface area contributed by atoms with Crippen molar-refractivity contribution in [2.75, 3.05) is 0 Å². The molecule has 1 N–H and O–H groups in total. The van der Waals surface area contributed by atoms with Gasteiger partial charge in [-0.25, -0.2) is 4.39 Å². The third kappa shape index (κ3) is 2.76. The Bertz CT molecular complexity index is 531. The molecular formula is C14H16FN3. The molecule has 1 aromatic heterocycles. The largest absolute Gasteiger partial charge is 0.308 e. The summed E-state index contributed by atoms with van der Waals surface area (Å²) in [6.07, 6.45) is 4.35. The lowest BCUT2D eigenvalue weighted by molar-refractivity contribution is 0.587. The van der Waals surface area contributed by atoms with Gasteiger partial charge in [0.15, 0.2) is 0 Å². The molecule has 1 aliphatic carbocycles. The van der Waals surface area contributed by atoms with E-state index in [0.29, 0.717) is 12.6 Å². The fourth-order valence-electron chi connectivity index (χ4n) is 2.00. The molecule has 0 aliphatic heterocycles. The number of halogens is 1. The molecule has 4 heteroatoms. The zero-order chi connectivity index (χ0) is 12.4. The van der Waals surface area contributed by atoms with Gasteiger partial charge in [-0.3, -0.25) is 4.68 Å². The van der Waals surface area contributed by atoms with E-state index in [2.05, 4.69) is 10.4 Å². The molecule has 0 bridgehead atoms. The second kappa shape index (κ2) is 4.90. The van der Waals surface area contributed by atoms with Gasteiger partial charge in [-0.05, 0) is 36.6 Å². The maximum atomic E-state index is 13.1. The second-order valence-corrected chi connectivity index (χ2v) is 4.77. The van der Waals surface area contributed by atoms with Crippen LogP contribution in [0.3, 0.4) is 0 Å². The van der Waals surface area contributed by atoms with Gasteiger partial charge in [-0.2, -0.15) is 5.10 Å². The number of hydrogen-bond donors (Lipinski definition) is 1. The normalized spacial score (nSPS) is 14.9. The molecule has 0 radical (unpaired) electrons. The zero-order valence-electron chi connectivity index (χ0n) is 10.1. The summed E-state index contributed by atoms with van der Waals surface area (Å²) < 4.78 is 15.0. The first kappa shape index (κ1) is 11.4. The molecule has 3 rings (SSSR count). The van der Waals surface area contributed by atoms with E-state index < -0.39 is 0 Å². The Morgan fingerprint density at radius 1 is 1.33 bits per heavy atom. The van der Waals surface area contributed by atoms with E-state index in [4.69, 9.17) is 0 Å². The number of nitrogens with one attached hydrogen (secondary N) is 1. The van der Waals surface area contributed by atoms with Gasteiger partial charge in [-0.15, -0.1) is 0 Å². The van der Waals surface area contributed by atoms with Crippen molar-refractivity contribution in [3.8, 4) is 0 Å². The average molecular weight is 245 g/mol. The van der Waals surface area contributed by atoms with Gasteiger partial charge < -0.3 is 5.32 Å². The van der Waals surface area contributed by atoms with Gasteiger partial charge in [0.2, 0.25) is 0 Å². The third-order valence-electron chi connectivity index (χ3n) is 3.18. The predicted molar refractivity (Wildman–Crippen MR) is 67.6 cm³/mol. The SMILES string of the molecule is Fc1cccc(Cn2nccc2CNC2CC2)c1. The molecule has 0 unspecified atom stereocenters. The van der Waals surface area contributed by atoms with Crippen LogP contribution in [-0.2, 0) is 13.1 Å². The highest BCUT2D eigenvalue weighted by atomic mass is 19.1. The minimum atomic E-state index is -0.197. The molecule has 0 saturated heterocycles. The van der Waals surface area contributed by atoms with Crippen molar-refractivity contribution in [1.82, 2.24) is 15.1 Å². The van der Waals surface area contributed by atoms with Gasteiger partial charge in [0.1, 0.15) is 5.82 Å². The molecule has 18 heavy (non-hydrogen) atoms. The molecule has 1 aromatic carbocycles. The van der Waals surface area contributed by atoms with E-state index in [9.17, 15) is 4.39 Å². The number of hydrogen-bond acceptors (Lipinski definition) is 2. The molecule has 0 atom stereocenters. The summed E-state index contributed by atoms with van der Waals surface area (Å²) in [5.74, 6) is -0.197. The van der Waals surface area contributed by atoms with E-state index in [0.717, 1.165) is 17.8 Å². The number of aromatic nitrogens is 2. The number of nitrogens with zero attached hydrogens (tertiary/aromatic N) is 2. The topological polar surface area (TPSA) is 29.9 Å². The number of rotatable bonds is 5. The van der Waals surface area contributed by atoms with Crippen molar-refractivity contribution in [3.63, 3.8) is 0 Å². The van der Waals surface area contributed by atoms with Gasteiger partial charge in [0.25, 0.3) is 0 Å². The maximum absolute atomic E-state index is 13.1.